The van der Waals surface area contributed by atoms with Gasteiger partial charge in [-0.15, -0.1) is 0 Å². The molecule has 3 aromatic heterocycles. The summed E-state index contributed by atoms with van der Waals surface area (Å²) in [6.45, 7) is 6.64. The molecule has 4 heterocycles. The number of fused-ring (bicyclic) bond motifs is 1. The molecule has 1 aromatic carbocycles. The minimum absolute atomic E-state index is 0.0379. The first-order valence-electron chi connectivity index (χ1n) is 10.8. The zero-order chi connectivity index (χ0) is 22.2. The maximum atomic E-state index is 13.6. The molecule has 32 heavy (non-hydrogen) atoms. The number of piperazine rings is 1. The molecule has 1 aliphatic heterocycles. The summed E-state index contributed by atoms with van der Waals surface area (Å²) in [6, 6.07) is 12.8. The Kier molecular flexibility index (Phi) is 5.05. The van der Waals surface area contributed by atoms with Crippen LogP contribution in [0.3, 0.4) is 0 Å². The number of carbonyl (C=O) groups excluding carboxylic acids is 1. The van der Waals surface area contributed by atoms with Crippen LogP contribution in [0.4, 0.5) is 5.69 Å². The number of aromatic hydroxyl groups is 1. The van der Waals surface area contributed by atoms with Gasteiger partial charge in [0, 0.05) is 44.0 Å². The van der Waals surface area contributed by atoms with Crippen molar-refractivity contribution >= 4 is 22.6 Å². The molecule has 0 bridgehead atoms. The Labute approximate surface area is 185 Å². The van der Waals surface area contributed by atoms with Crippen molar-refractivity contribution in [1.29, 1.82) is 0 Å². The van der Waals surface area contributed by atoms with Crippen molar-refractivity contribution in [2.24, 2.45) is 0 Å². The highest BCUT2D eigenvalue weighted by Crippen LogP contribution is 2.28. The summed E-state index contributed by atoms with van der Waals surface area (Å²) in [5.74, 6) is 0.822. The van der Waals surface area contributed by atoms with Gasteiger partial charge < -0.3 is 19.3 Å². The van der Waals surface area contributed by atoms with Crippen LogP contribution in [-0.2, 0) is 0 Å². The highest BCUT2D eigenvalue weighted by Gasteiger charge is 2.26. The first kappa shape index (κ1) is 20.1. The van der Waals surface area contributed by atoms with E-state index in [-0.39, 0.29) is 17.7 Å². The summed E-state index contributed by atoms with van der Waals surface area (Å²) in [7, 11) is 0. The lowest BCUT2D eigenvalue weighted by Crippen LogP contribution is -2.48. The number of pyridine rings is 1. The predicted molar refractivity (Wildman–Crippen MR) is 122 cm³/mol. The maximum Gasteiger partial charge on any atom is 0.254 e. The van der Waals surface area contributed by atoms with Gasteiger partial charge in [-0.2, -0.15) is 5.10 Å². The van der Waals surface area contributed by atoms with Gasteiger partial charge in [-0.25, -0.2) is 9.67 Å². The van der Waals surface area contributed by atoms with Crippen molar-refractivity contribution in [3.8, 4) is 17.2 Å². The minimum Gasteiger partial charge on any atom is -0.508 e. The van der Waals surface area contributed by atoms with Crippen LogP contribution in [0.15, 0.2) is 59.3 Å². The molecule has 4 aromatic rings. The number of furan rings is 1. The fraction of sp³-hybridized carbons (Fsp3) is 0.292. The van der Waals surface area contributed by atoms with Gasteiger partial charge >= 0.3 is 0 Å². The maximum absolute atomic E-state index is 13.6. The Morgan fingerprint density at radius 2 is 1.91 bits per heavy atom. The number of hydrogen-bond donors (Lipinski definition) is 1. The number of aromatic nitrogens is 3. The number of hydrogen-bond acceptors (Lipinski definition) is 6. The Morgan fingerprint density at radius 1 is 1.09 bits per heavy atom. The molecule has 0 aliphatic carbocycles. The highest BCUT2D eigenvalue weighted by atomic mass is 16.3. The third-order valence-corrected chi connectivity index (χ3v) is 5.82. The first-order valence-corrected chi connectivity index (χ1v) is 10.8. The van der Waals surface area contributed by atoms with Crippen molar-refractivity contribution in [2.45, 2.75) is 19.9 Å². The number of benzene rings is 1. The van der Waals surface area contributed by atoms with Crippen molar-refractivity contribution in [1.82, 2.24) is 19.7 Å². The number of phenolic OH excluding ortho intramolecular Hbond substituents is 1. The number of rotatable bonds is 4. The van der Waals surface area contributed by atoms with E-state index in [2.05, 4.69) is 10.00 Å². The molecular weight excluding hydrogens is 406 g/mol. The van der Waals surface area contributed by atoms with E-state index >= 15 is 0 Å². The van der Waals surface area contributed by atoms with Crippen LogP contribution in [0.5, 0.6) is 5.75 Å². The van der Waals surface area contributed by atoms with Crippen LogP contribution in [0, 0.1) is 0 Å². The second kappa shape index (κ2) is 8.03. The molecule has 164 valence electrons. The lowest BCUT2D eigenvalue weighted by atomic mass is 10.1. The Morgan fingerprint density at radius 3 is 2.59 bits per heavy atom. The summed E-state index contributed by atoms with van der Waals surface area (Å²) in [6.07, 6.45) is 3.33. The molecule has 0 unspecified atom stereocenters. The fourth-order valence-corrected chi connectivity index (χ4v) is 4.15. The number of carbonyl (C=O) groups is 1. The fourth-order valence-electron chi connectivity index (χ4n) is 4.15. The SMILES string of the molecule is CC(C)n1ncc2c(C(=O)N3CCN(c4cccc(O)c4)CC3)cc(-c3ccco3)nc21. The molecule has 0 saturated carbocycles. The molecule has 0 radical (unpaired) electrons. The predicted octanol–water partition coefficient (Wildman–Crippen LogP) is 3.94. The van der Waals surface area contributed by atoms with Gasteiger partial charge in [-0.1, -0.05) is 6.07 Å². The molecular formula is C24H25N5O3. The summed E-state index contributed by atoms with van der Waals surface area (Å²) >= 11 is 0. The highest BCUT2D eigenvalue weighted by molar-refractivity contribution is 6.06. The van der Waals surface area contributed by atoms with E-state index < -0.39 is 0 Å². The van der Waals surface area contributed by atoms with E-state index in [1.807, 2.05) is 47.7 Å². The van der Waals surface area contributed by atoms with Gasteiger partial charge in [0.05, 0.1) is 23.4 Å². The van der Waals surface area contributed by atoms with E-state index in [0.717, 1.165) is 11.1 Å². The second-order valence-electron chi connectivity index (χ2n) is 8.25. The lowest BCUT2D eigenvalue weighted by molar-refractivity contribution is 0.0748. The van der Waals surface area contributed by atoms with Crippen molar-refractivity contribution in [2.75, 3.05) is 31.1 Å². The van der Waals surface area contributed by atoms with Gasteiger partial charge in [0.25, 0.3) is 5.91 Å². The topological polar surface area (TPSA) is 87.6 Å². The van der Waals surface area contributed by atoms with E-state index in [1.165, 1.54) is 0 Å². The molecule has 0 spiro atoms. The average Bonchev–Trinajstić information content (AvgIpc) is 3.48. The normalized spacial score (nSPS) is 14.5. The Hall–Kier alpha value is -3.81. The molecule has 5 rings (SSSR count). The van der Waals surface area contributed by atoms with Crippen LogP contribution in [0.1, 0.15) is 30.2 Å². The van der Waals surface area contributed by atoms with E-state index in [0.29, 0.717) is 48.8 Å². The number of phenols is 1. The molecule has 1 aliphatic rings. The summed E-state index contributed by atoms with van der Waals surface area (Å²) in [4.78, 5) is 22.4. The van der Waals surface area contributed by atoms with Gasteiger partial charge in [0.15, 0.2) is 11.4 Å². The van der Waals surface area contributed by atoms with E-state index in [4.69, 9.17) is 9.40 Å². The summed E-state index contributed by atoms with van der Waals surface area (Å²) in [5, 5.41) is 15.0. The molecule has 8 heteroatoms. The van der Waals surface area contributed by atoms with E-state index in [9.17, 15) is 9.90 Å². The molecule has 1 saturated heterocycles. The molecule has 1 fully saturated rings. The number of nitrogens with zero attached hydrogens (tertiary/aromatic N) is 5. The smallest absolute Gasteiger partial charge is 0.254 e. The summed E-state index contributed by atoms with van der Waals surface area (Å²) < 4.78 is 7.39. The zero-order valence-electron chi connectivity index (χ0n) is 18.1. The van der Waals surface area contributed by atoms with Gasteiger partial charge in [-0.3, -0.25) is 4.79 Å². The molecule has 1 amide bonds. The quantitative estimate of drug-likeness (QED) is 0.527. The average molecular weight is 431 g/mol. The third kappa shape index (κ3) is 3.57. The van der Waals surface area contributed by atoms with Crippen LogP contribution >= 0.6 is 0 Å². The number of amides is 1. The second-order valence-corrected chi connectivity index (χ2v) is 8.25. The van der Waals surface area contributed by atoms with Crippen molar-refractivity contribution in [3.05, 3.63) is 60.5 Å². The van der Waals surface area contributed by atoms with Gasteiger partial charge in [0.2, 0.25) is 0 Å². The van der Waals surface area contributed by atoms with Crippen molar-refractivity contribution < 1.29 is 14.3 Å². The monoisotopic (exact) mass is 431 g/mol. The summed E-state index contributed by atoms with van der Waals surface area (Å²) in [5.41, 5.74) is 2.84. The molecule has 0 atom stereocenters. The Bertz CT molecular complexity index is 1250. The first-order chi connectivity index (χ1) is 15.5. The standard InChI is InChI=1S/C24H25N5O3/c1-16(2)29-23-20(15-25-29)19(14-21(26-23)22-7-4-12-32-22)24(31)28-10-8-27(9-11-28)17-5-3-6-18(30)13-17/h3-7,12-16,30H,8-11H2,1-2H3. The lowest BCUT2D eigenvalue weighted by Gasteiger charge is -2.36. The zero-order valence-corrected chi connectivity index (χ0v) is 18.1. The van der Waals surface area contributed by atoms with Crippen LogP contribution < -0.4 is 4.90 Å². The largest absolute Gasteiger partial charge is 0.508 e. The van der Waals surface area contributed by atoms with Gasteiger partial charge in [0.1, 0.15) is 11.4 Å². The third-order valence-electron chi connectivity index (χ3n) is 5.82. The van der Waals surface area contributed by atoms with Crippen LogP contribution in [0.2, 0.25) is 0 Å². The van der Waals surface area contributed by atoms with Crippen LogP contribution in [0.25, 0.3) is 22.5 Å². The molecule has 8 nitrogen and oxygen atoms in total. The molecule has 1 N–H and O–H groups in total. The Balaban J connectivity index is 1.46. The minimum atomic E-state index is -0.0379. The van der Waals surface area contributed by atoms with Crippen LogP contribution in [-0.4, -0.2) is 56.9 Å². The van der Waals surface area contributed by atoms with Gasteiger partial charge in [-0.05, 0) is 44.2 Å². The number of anilines is 1. The van der Waals surface area contributed by atoms with Crippen molar-refractivity contribution in [3.63, 3.8) is 0 Å². The van der Waals surface area contributed by atoms with E-state index in [1.54, 1.807) is 30.7 Å².